The number of amidine groups is 1. The number of H-pyrrole nitrogens is 1. The standard InChI is InChI=1S/C24H29N5O7/c1-4-26-22(32)15-6-5-13(2)18(9-15)28-21(25)20-14(3)17(10-27-20)23(33)29(16-7-8-16)24(34)36-12-35-19(31)11-30/h5-6,9-10,16,27,30H,4,7-8,11-12H2,1-3H3,(H2,25,28)(H,26,32). The number of anilines is 1. The first-order valence-electron chi connectivity index (χ1n) is 11.4. The highest BCUT2D eigenvalue weighted by Crippen LogP contribution is 2.30. The largest absolute Gasteiger partial charge is 0.426 e. The monoisotopic (exact) mass is 499 g/mol. The highest BCUT2D eigenvalue weighted by atomic mass is 16.7. The SMILES string of the molecule is CCNC(=O)c1ccc(C)c(NC(=N)c2[nH]cc(C(=O)N(C(=O)OCOC(=O)CO)C3CC3)c2C)c1. The van der Waals surface area contributed by atoms with E-state index in [0.717, 1.165) is 10.5 Å². The van der Waals surface area contributed by atoms with Crippen molar-refractivity contribution in [3.8, 4) is 0 Å². The number of amides is 3. The molecule has 0 aliphatic heterocycles. The van der Waals surface area contributed by atoms with Crippen LogP contribution in [0.15, 0.2) is 24.4 Å². The minimum atomic E-state index is -0.971. The molecule has 192 valence electrons. The molecule has 5 N–H and O–H groups in total. The molecule has 0 unspecified atom stereocenters. The van der Waals surface area contributed by atoms with E-state index in [1.165, 1.54) is 6.20 Å². The van der Waals surface area contributed by atoms with Crippen molar-refractivity contribution in [1.82, 2.24) is 15.2 Å². The molecule has 1 heterocycles. The van der Waals surface area contributed by atoms with Gasteiger partial charge in [-0.1, -0.05) is 6.07 Å². The number of rotatable bonds is 9. The number of aliphatic hydroxyl groups is 1. The number of nitrogens with zero attached hydrogens (tertiary/aromatic N) is 1. The maximum atomic E-state index is 13.2. The molecule has 0 radical (unpaired) electrons. The molecule has 0 saturated heterocycles. The van der Waals surface area contributed by atoms with Crippen molar-refractivity contribution < 1.29 is 33.8 Å². The molecule has 36 heavy (non-hydrogen) atoms. The average molecular weight is 500 g/mol. The number of benzene rings is 1. The third-order valence-corrected chi connectivity index (χ3v) is 5.58. The molecule has 1 aromatic heterocycles. The first kappa shape index (κ1) is 26.4. The highest BCUT2D eigenvalue weighted by Gasteiger charge is 2.40. The number of aryl methyl sites for hydroxylation is 1. The van der Waals surface area contributed by atoms with Gasteiger partial charge in [-0.3, -0.25) is 15.0 Å². The predicted octanol–water partition coefficient (Wildman–Crippen LogP) is 2.05. The van der Waals surface area contributed by atoms with Crippen LogP contribution in [0.5, 0.6) is 0 Å². The molecule has 0 spiro atoms. The van der Waals surface area contributed by atoms with E-state index in [2.05, 4.69) is 20.4 Å². The number of aromatic nitrogens is 1. The third kappa shape index (κ3) is 6.08. The second-order valence-corrected chi connectivity index (χ2v) is 8.20. The number of aromatic amines is 1. The Morgan fingerprint density at radius 1 is 1.19 bits per heavy atom. The van der Waals surface area contributed by atoms with Crippen molar-refractivity contribution in [2.45, 2.75) is 39.7 Å². The van der Waals surface area contributed by atoms with Gasteiger partial charge in [0.05, 0.1) is 11.3 Å². The number of carbonyl (C=O) groups excluding carboxylic acids is 4. The molecule has 0 atom stereocenters. The summed E-state index contributed by atoms with van der Waals surface area (Å²) >= 11 is 0. The van der Waals surface area contributed by atoms with Gasteiger partial charge in [0.15, 0.2) is 0 Å². The number of carbonyl (C=O) groups is 4. The van der Waals surface area contributed by atoms with Crippen LogP contribution in [-0.2, 0) is 14.3 Å². The van der Waals surface area contributed by atoms with Gasteiger partial charge < -0.3 is 30.2 Å². The molecule has 0 bridgehead atoms. The molecule has 12 heteroatoms. The van der Waals surface area contributed by atoms with Crippen molar-refractivity contribution in [3.05, 3.63) is 52.3 Å². The number of ether oxygens (including phenoxy) is 2. The van der Waals surface area contributed by atoms with Crippen molar-refractivity contribution >= 4 is 35.4 Å². The Kier molecular flexibility index (Phi) is 8.43. The smallest absolute Gasteiger partial charge is 0.419 e. The molecule has 1 aliphatic rings. The summed E-state index contributed by atoms with van der Waals surface area (Å²) in [7, 11) is 0. The topological polar surface area (TPSA) is 174 Å². The molecule has 3 amide bonds. The van der Waals surface area contributed by atoms with Gasteiger partial charge in [0, 0.05) is 30.0 Å². The van der Waals surface area contributed by atoms with Crippen molar-refractivity contribution in [2.24, 2.45) is 0 Å². The Labute approximate surface area is 207 Å². The van der Waals surface area contributed by atoms with Gasteiger partial charge in [0.25, 0.3) is 11.8 Å². The second-order valence-electron chi connectivity index (χ2n) is 8.20. The van der Waals surface area contributed by atoms with E-state index in [-0.39, 0.29) is 23.3 Å². The maximum Gasteiger partial charge on any atom is 0.419 e. The van der Waals surface area contributed by atoms with Gasteiger partial charge in [-0.2, -0.15) is 0 Å². The van der Waals surface area contributed by atoms with Crippen LogP contribution >= 0.6 is 0 Å². The first-order valence-corrected chi connectivity index (χ1v) is 11.4. The van der Waals surface area contributed by atoms with Crippen LogP contribution in [0.25, 0.3) is 0 Å². The Bertz CT molecular complexity index is 1190. The van der Waals surface area contributed by atoms with Gasteiger partial charge in [0.1, 0.15) is 12.4 Å². The van der Waals surface area contributed by atoms with E-state index in [0.29, 0.717) is 41.9 Å². The van der Waals surface area contributed by atoms with Gasteiger partial charge in [-0.05, 0) is 56.9 Å². The fraction of sp³-hybridized carbons (Fsp3) is 0.375. The normalized spacial score (nSPS) is 12.4. The first-order chi connectivity index (χ1) is 17.2. The van der Waals surface area contributed by atoms with Crippen LogP contribution in [0, 0.1) is 19.3 Å². The summed E-state index contributed by atoms with van der Waals surface area (Å²) in [5.41, 5.74) is 2.78. The summed E-state index contributed by atoms with van der Waals surface area (Å²) in [5.74, 6) is -1.83. The molecular formula is C24H29N5O7. The molecular weight excluding hydrogens is 470 g/mol. The molecule has 1 fully saturated rings. The quantitative estimate of drug-likeness (QED) is 0.151. The van der Waals surface area contributed by atoms with Gasteiger partial charge in [-0.25, -0.2) is 14.5 Å². The average Bonchev–Trinajstić information content (AvgIpc) is 3.60. The fourth-order valence-corrected chi connectivity index (χ4v) is 3.46. The number of imide groups is 1. The predicted molar refractivity (Wildman–Crippen MR) is 129 cm³/mol. The van der Waals surface area contributed by atoms with Crippen LogP contribution < -0.4 is 10.6 Å². The summed E-state index contributed by atoms with van der Waals surface area (Å²) in [4.78, 5) is 52.8. The van der Waals surface area contributed by atoms with Crippen LogP contribution in [0.4, 0.5) is 10.5 Å². The third-order valence-electron chi connectivity index (χ3n) is 5.58. The molecule has 2 aromatic rings. The zero-order chi connectivity index (χ0) is 26.4. The lowest BCUT2D eigenvalue weighted by Crippen LogP contribution is -2.39. The molecule has 1 saturated carbocycles. The van der Waals surface area contributed by atoms with E-state index in [4.69, 9.17) is 15.3 Å². The second kappa shape index (κ2) is 11.5. The Balaban J connectivity index is 1.75. The Hall–Kier alpha value is -4.19. The maximum absolute atomic E-state index is 13.2. The Morgan fingerprint density at radius 2 is 1.92 bits per heavy atom. The number of nitrogens with one attached hydrogen (secondary N) is 4. The number of hydrogen-bond acceptors (Lipinski definition) is 8. The highest BCUT2D eigenvalue weighted by molar-refractivity contribution is 6.11. The van der Waals surface area contributed by atoms with Gasteiger partial charge in [-0.15, -0.1) is 0 Å². The van der Waals surface area contributed by atoms with Crippen LogP contribution in [0.2, 0.25) is 0 Å². The molecule has 1 aromatic carbocycles. The van der Waals surface area contributed by atoms with E-state index in [1.807, 2.05) is 13.8 Å². The van der Waals surface area contributed by atoms with Crippen molar-refractivity contribution in [2.75, 3.05) is 25.3 Å². The van der Waals surface area contributed by atoms with Crippen LogP contribution in [0.1, 0.15) is 57.3 Å². The summed E-state index contributed by atoms with van der Waals surface area (Å²) in [6.45, 7) is 4.21. The van der Waals surface area contributed by atoms with E-state index < -0.39 is 31.4 Å². The van der Waals surface area contributed by atoms with Crippen molar-refractivity contribution in [1.29, 1.82) is 5.41 Å². The summed E-state index contributed by atoms with van der Waals surface area (Å²) < 4.78 is 9.39. The van der Waals surface area contributed by atoms with Crippen LogP contribution in [0.3, 0.4) is 0 Å². The van der Waals surface area contributed by atoms with E-state index >= 15 is 0 Å². The summed E-state index contributed by atoms with van der Waals surface area (Å²) in [5, 5.41) is 22.9. The number of hydrogen-bond donors (Lipinski definition) is 5. The van der Waals surface area contributed by atoms with Crippen LogP contribution in [-0.4, -0.2) is 70.7 Å². The molecule has 3 rings (SSSR count). The zero-order valence-corrected chi connectivity index (χ0v) is 20.3. The number of aliphatic hydroxyl groups excluding tert-OH is 1. The lowest BCUT2D eigenvalue weighted by Gasteiger charge is -2.20. The van der Waals surface area contributed by atoms with E-state index in [1.54, 1.807) is 25.1 Å². The minimum absolute atomic E-state index is 0.0286. The molecule has 1 aliphatic carbocycles. The summed E-state index contributed by atoms with van der Waals surface area (Å²) in [6.07, 6.45) is 1.68. The molecule has 12 nitrogen and oxygen atoms in total. The van der Waals surface area contributed by atoms with E-state index in [9.17, 15) is 19.2 Å². The lowest BCUT2D eigenvalue weighted by atomic mass is 10.1. The van der Waals surface area contributed by atoms with Gasteiger partial charge >= 0.3 is 12.1 Å². The summed E-state index contributed by atoms with van der Waals surface area (Å²) in [6, 6.07) is 4.78. The Morgan fingerprint density at radius 3 is 2.56 bits per heavy atom. The zero-order valence-electron chi connectivity index (χ0n) is 20.3. The minimum Gasteiger partial charge on any atom is -0.426 e. The number of esters is 1. The lowest BCUT2D eigenvalue weighted by molar-refractivity contribution is -0.155. The van der Waals surface area contributed by atoms with Crippen molar-refractivity contribution in [3.63, 3.8) is 0 Å². The van der Waals surface area contributed by atoms with Gasteiger partial charge in [0.2, 0.25) is 6.79 Å². The fourth-order valence-electron chi connectivity index (χ4n) is 3.46.